The summed E-state index contributed by atoms with van der Waals surface area (Å²) in [6, 6.07) is 8.11. The molecule has 3 N–H and O–H groups in total. The van der Waals surface area contributed by atoms with Crippen molar-refractivity contribution in [3.8, 4) is 0 Å². The molecule has 1 aromatic rings. The second-order valence-corrected chi connectivity index (χ2v) is 4.87. The molecule has 1 fully saturated rings. The number of aliphatic hydroxyl groups excluding tert-OH is 1. The quantitative estimate of drug-likeness (QED) is 0.866. The molecule has 0 bridgehead atoms. The number of nitrogens with two attached hydrogens (primary N) is 1. The van der Waals surface area contributed by atoms with Gasteiger partial charge in [-0.25, -0.2) is 0 Å². The van der Waals surface area contributed by atoms with E-state index in [2.05, 4.69) is 28.1 Å². The minimum Gasteiger partial charge on any atom is -0.395 e. The standard InChI is InChI=1S/C11H14BrNO/c12-9-3-1-8(2-4-9)11(5-6-11)10(13)7-14/h1-4,10,14H,5-7,13H2. The van der Waals surface area contributed by atoms with Crippen LogP contribution >= 0.6 is 15.9 Å². The van der Waals surface area contributed by atoms with Gasteiger partial charge in [-0.15, -0.1) is 0 Å². The average molecular weight is 256 g/mol. The SMILES string of the molecule is NC(CO)C1(c2ccc(Br)cc2)CC1. The van der Waals surface area contributed by atoms with Gasteiger partial charge in [0.2, 0.25) is 0 Å². The summed E-state index contributed by atoms with van der Waals surface area (Å²) in [5.74, 6) is 0. The molecule has 0 saturated heterocycles. The first kappa shape index (κ1) is 10.1. The monoisotopic (exact) mass is 255 g/mol. The molecule has 14 heavy (non-hydrogen) atoms. The molecule has 1 aliphatic rings. The third-order valence-corrected chi connectivity index (χ3v) is 3.64. The summed E-state index contributed by atoms with van der Waals surface area (Å²) in [5, 5.41) is 9.09. The van der Waals surface area contributed by atoms with Crippen molar-refractivity contribution >= 4 is 15.9 Å². The summed E-state index contributed by atoms with van der Waals surface area (Å²) in [6.07, 6.45) is 2.19. The molecule has 0 radical (unpaired) electrons. The lowest BCUT2D eigenvalue weighted by Crippen LogP contribution is -2.37. The Balaban J connectivity index is 2.26. The van der Waals surface area contributed by atoms with E-state index in [1.165, 1.54) is 5.56 Å². The largest absolute Gasteiger partial charge is 0.395 e. The van der Waals surface area contributed by atoms with Gasteiger partial charge in [0.25, 0.3) is 0 Å². The van der Waals surface area contributed by atoms with Crippen LogP contribution in [0.15, 0.2) is 28.7 Å². The van der Waals surface area contributed by atoms with E-state index in [4.69, 9.17) is 10.8 Å². The van der Waals surface area contributed by atoms with Gasteiger partial charge < -0.3 is 10.8 Å². The number of hydrogen-bond acceptors (Lipinski definition) is 2. The predicted molar refractivity (Wildman–Crippen MR) is 60.1 cm³/mol. The van der Waals surface area contributed by atoms with E-state index < -0.39 is 0 Å². The molecule has 0 spiro atoms. The summed E-state index contributed by atoms with van der Waals surface area (Å²) in [6.45, 7) is 0.0655. The van der Waals surface area contributed by atoms with E-state index in [1.807, 2.05) is 12.1 Å². The Hall–Kier alpha value is -0.380. The number of halogens is 1. The lowest BCUT2D eigenvalue weighted by molar-refractivity contribution is 0.242. The van der Waals surface area contributed by atoms with Crippen LogP contribution in [0.25, 0.3) is 0 Å². The number of aliphatic hydroxyl groups is 1. The predicted octanol–water partition coefficient (Wildman–Crippen LogP) is 1.80. The highest BCUT2D eigenvalue weighted by molar-refractivity contribution is 9.10. The van der Waals surface area contributed by atoms with E-state index >= 15 is 0 Å². The fourth-order valence-corrected chi connectivity index (χ4v) is 2.23. The molecule has 1 unspecified atom stereocenters. The van der Waals surface area contributed by atoms with Crippen molar-refractivity contribution in [1.29, 1.82) is 0 Å². The Morgan fingerprint density at radius 3 is 2.36 bits per heavy atom. The average Bonchev–Trinajstić information content (AvgIpc) is 2.99. The summed E-state index contributed by atoms with van der Waals surface area (Å²) < 4.78 is 1.08. The summed E-state index contributed by atoms with van der Waals surface area (Å²) in [4.78, 5) is 0. The fourth-order valence-electron chi connectivity index (χ4n) is 1.96. The highest BCUT2D eigenvalue weighted by Gasteiger charge is 2.48. The third-order valence-electron chi connectivity index (χ3n) is 3.11. The molecule has 2 rings (SSSR count). The Bertz CT molecular complexity index is 319. The molecule has 3 heteroatoms. The van der Waals surface area contributed by atoms with E-state index in [0.29, 0.717) is 0 Å². The molecular formula is C11H14BrNO. The Kier molecular flexibility index (Phi) is 2.64. The van der Waals surface area contributed by atoms with Gasteiger partial charge in [0.05, 0.1) is 6.61 Å². The zero-order chi connectivity index (χ0) is 10.2. The van der Waals surface area contributed by atoms with Crippen molar-refractivity contribution in [1.82, 2.24) is 0 Å². The van der Waals surface area contributed by atoms with E-state index in [9.17, 15) is 0 Å². The van der Waals surface area contributed by atoms with Crippen molar-refractivity contribution in [3.05, 3.63) is 34.3 Å². The molecule has 0 heterocycles. The van der Waals surface area contributed by atoms with E-state index in [-0.39, 0.29) is 18.1 Å². The molecule has 76 valence electrons. The van der Waals surface area contributed by atoms with Gasteiger partial charge in [0.1, 0.15) is 0 Å². The van der Waals surface area contributed by atoms with Crippen LogP contribution in [0, 0.1) is 0 Å². The molecule has 0 amide bonds. The van der Waals surface area contributed by atoms with Gasteiger partial charge in [0, 0.05) is 15.9 Å². The van der Waals surface area contributed by atoms with Gasteiger partial charge in [-0.2, -0.15) is 0 Å². The maximum Gasteiger partial charge on any atom is 0.0591 e. The maximum absolute atomic E-state index is 9.09. The van der Waals surface area contributed by atoms with Gasteiger partial charge in [-0.3, -0.25) is 0 Å². The molecule has 0 aromatic heterocycles. The minimum atomic E-state index is -0.122. The molecule has 0 aliphatic heterocycles. The first-order valence-corrected chi connectivity index (χ1v) is 5.61. The van der Waals surface area contributed by atoms with Crippen LogP contribution in [-0.4, -0.2) is 17.8 Å². The number of benzene rings is 1. The fraction of sp³-hybridized carbons (Fsp3) is 0.455. The van der Waals surface area contributed by atoms with Crippen LogP contribution in [0.3, 0.4) is 0 Å². The molecule has 2 nitrogen and oxygen atoms in total. The van der Waals surface area contributed by atoms with Crippen LogP contribution in [0.4, 0.5) is 0 Å². The Morgan fingerprint density at radius 2 is 1.93 bits per heavy atom. The highest BCUT2D eigenvalue weighted by Crippen LogP contribution is 2.50. The van der Waals surface area contributed by atoms with Crippen molar-refractivity contribution in [3.63, 3.8) is 0 Å². The smallest absolute Gasteiger partial charge is 0.0591 e. The maximum atomic E-state index is 9.09. The first-order valence-electron chi connectivity index (χ1n) is 4.81. The van der Waals surface area contributed by atoms with Crippen LogP contribution < -0.4 is 5.73 Å². The normalized spacial score (nSPS) is 20.5. The zero-order valence-electron chi connectivity index (χ0n) is 7.91. The molecule has 1 aliphatic carbocycles. The topological polar surface area (TPSA) is 46.2 Å². The van der Waals surface area contributed by atoms with Gasteiger partial charge in [0.15, 0.2) is 0 Å². The van der Waals surface area contributed by atoms with Crippen LogP contribution in [-0.2, 0) is 5.41 Å². The Labute approximate surface area is 92.3 Å². The lowest BCUT2D eigenvalue weighted by Gasteiger charge is -2.21. The number of hydrogen-bond donors (Lipinski definition) is 2. The van der Waals surface area contributed by atoms with Gasteiger partial charge in [-0.05, 0) is 30.5 Å². The summed E-state index contributed by atoms with van der Waals surface area (Å²) >= 11 is 3.41. The summed E-state index contributed by atoms with van der Waals surface area (Å²) in [5.41, 5.74) is 7.22. The minimum absolute atomic E-state index is 0.0510. The van der Waals surface area contributed by atoms with Crippen molar-refractivity contribution < 1.29 is 5.11 Å². The van der Waals surface area contributed by atoms with Gasteiger partial charge >= 0.3 is 0 Å². The van der Waals surface area contributed by atoms with Crippen molar-refractivity contribution in [2.45, 2.75) is 24.3 Å². The lowest BCUT2D eigenvalue weighted by atomic mass is 9.89. The zero-order valence-corrected chi connectivity index (χ0v) is 9.50. The van der Waals surface area contributed by atoms with Crippen LogP contribution in [0.1, 0.15) is 18.4 Å². The third kappa shape index (κ3) is 1.60. The first-order chi connectivity index (χ1) is 6.69. The molecule has 1 saturated carbocycles. The molecule has 1 aromatic carbocycles. The molecule has 1 atom stereocenters. The van der Waals surface area contributed by atoms with E-state index in [1.54, 1.807) is 0 Å². The van der Waals surface area contributed by atoms with E-state index in [0.717, 1.165) is 17.3 Å². The number of rotatable bonds is 3. The Morgan fingerprint density at radius 1 is 1.36 bits per heavy atom. The molecular weight excluding hydrogens is 242 g/mol. The second kappa shape index (κ2) is 3.65. The van der Waals surface area contributed by atoms with Crippen molar-refractivity contribution in [2.24, 2.45) is 5.73 Å². The summed E-state index contributed by atoms with van der Waals surface area (Å²) in [7, 11) is 0. The van der Waals surface area contributed by atoms with Crippen molar-refractivity contribution in [2.75, 3.05) is 6.61 Å². The van der Waals surface area contributed by atoms with Crippen LogP contribution in [0.5, 0.6) is 0 Å². The second-order valence-electron chi connectivity index (χ2n) is 3.95. The van der Waals surface area contributed by atoms with Gasteiger partial charge in [-0.1, -0.05) is 28.1 Å². The highest BCUT2D eigenvalue weighted by atomic mass is 79.9. The van der Waals surface area contributed by atoms with Crippen LogP contribution in [0.2, 0.25) is 0 Å².